The lowest BCUT2D eigenvalue weighted by molar-refractivity contribution is 0.332. The van der Waals surface area contributed by atoms with Gasteiger partial charge in [-0.25, -0.2) is 0 Å². The first-order valence-corrected chi connectivity index (χ1v) is 39.5. The van der Waals surface area contributed by atoms with E-state index < -0.39 is 0 Å². The molecule has 2 aliphatic carbocycles. The smallest absolute Gasteiger partial charge is 0.252 e. The van der Waals surface area contributed by atoms with E-state index in [-0.39, 0.29) is 33.8 Å². The molecule has 0 radical (unpaired) electrons. The van der Waals surface area contributed by atoms with Crippen molar-refractivity contribution in [2.24, 2.45) is 0 Å². The third-order valence-corrected chi connectivity index (χ3v) is 25.8. The summed E-state index contributed by atoms with van der Waals surface area (Å²) in [5.74, 6) is 0. The highest BCUT2D eigenvalue weighted by atomic mass is 15.2. The largest absolute Gasteiger partial charge is 0.311 e. The number of rotatable bonds is 9. The zero-order chi connectivity index (χ0) is 74.2. The molecule has 4 aliphatic rings. The second kappa shape index (κ2) is 24.4. The summed E-state index contributed by atoms with van der Waals surface area (Å²) in [7, 11) is 0. The first-order chi connectivity index (χ1) is 52.6. The Morgan fingerprint density at radius 3 is 1.17 bits per heavy atom. The van der Waals surface area contributed by atoms with E-state index in [1.807, 2.05) is 0 Å². The number of fused-ring (bicyclic) bond motifs is 12. The highest BCUT2D eigenvalue weighted by molar-refractivity contribution is 7.00. The molecule has 0 bridgehead atoms. The van der Waals surface area contributed by atoms with E-state index in [0.29, 0.717) is 0 Å². The molecule has 0 amide bonds. The lowest BCUT2D eigenvalue weighted by Gasteiger charge is -2.45. The lowest BCUT2D eigenvalue weighted by atomic mass is 9.33. The second-order valence-corrected chi connectivity index (χ2v) is 35.4. The van der Waals surface area contributed by atoms with Gasteiger partial charge in [0.25, 0.3) is 6.71 Å². The van der Waals surface area contributed by atoms with Gasteiger partial charge in [-0.3, -0.25) is 0 Å². The minimum Gasteiger partial charge on any atom is -0.311 e. The second-order valence-electron chi connectivity index (χ2n) is 35.4. The molecule has 530 valence electrons. The summed E-state index contributed by atoms with van der Waals surface area (Å²) >= 11 is 0. The van der Waals surface area contributed by atoms with E-state index in [9.17, 15) is 0 Å². The van der Waals surface area contributed by atoms with Gasteiger partial charge < -0.3 is 18.9 Å². The highest BCUT2D eigenvalue weighted by Gasteiger charge is 2.46. The number of hydrogen-bond donors (Lipinski definition) is 0. The third kappa shape index (κ3) is 10.7. The molecule has 20 rings (SSSR count). The minimum absolute atomic E-state index is 0.0690. The van der Waals surface area contributed by atoms with Crippen LogP contribution in [0, 0.1) is 0 Å². The van der Waals surface area contributed by atoms with Gasteiger partial charge in [0, 0.05) is 61.4 Å². The molecule has 4 nitrogen and oxygen atoms in total. The van der Waals surface area contributed by atoms with Gasteiger partial charge in [0.05, 0.1) is 27.8 Å². The van der Waals surface area contributed by atoms with Crippen molar-refractivity contribution in [2.75, 3.05) is 9.80 Å². The van der Waals surface area contributed by atoms with Crippen molar-refractivity contribution in [3.05, 3.63) is 331 Å². The maximum atomic E-state index is 2.65. The average molecular weight is 1410 g/mol. The normalized spacial score (nSPS) is 15.8. The van der Waals surface area contributed by atoms with Gasteiger partial charge in [-0.2, -0.15) is 0 Å². The highest BCUT2D eigenvalue weighted by Crippen LogP contribution is 2.53. The van der Waals surface area contributed by atoms with Crippen LogP contribution in [0.3, 0.4) is 0 Å². The number of anilines is 6. The maximum Gasteiger partial charge on any atom is 0.252 e. The number of benzene rings is 14. The van der Waals surface area contributed by atoms with E-state index in [4.69, 9.17) is 0 Å². The number of hydrogen-bond acceptors (Lipinski definition) is 2. The van der Waals surface area contributed by atoms with Crippen molar-refractivity contribution < 1.29 is 0 Å². The van der Waals surface area contributed by atoms with Gasteiger partial charge in [0.1, 0.15) is 0 Å². The van der Waals surface area contributed by atoms with Crippen molar-refractivity contribution >= 4 is 101 Å². The van der Waals surface area contributed by atoms with Gasteiger partial charge in [0.15, 0.2) is 0 Å². The fraction of sp³-hybridized carbons (Fsp3) is 0.192. The van der Waals surface area contributed by atoms with Crippen LogP contribution in [0.2, 0.25) is 0 Å². The molecule has 2 aliphatic heterocycles. The van der Waals surface area contributed by atoms with Crippen LogP contribution >= 0.6 is 0 Å². The summed E-state index contributed by atoms with van der Waals surface area (Å²) in [5.41, 5.74) is 37.1. The van der Waals surface area contributed by atoms with Gasteiger partial charge >= 0.3 is 0 Å². The third-order valence-electron chi connectivity index (χ3n) is 25.8. The van der Waals surface area contributed by atoms with Crippen molar-refractivity contribution in [2.45, 2.75) is 129 Å². The van der Waals surface area contributed by atoms with E-state index in [0.717, 1.165) is 57.3 Å². The van der Waals surface area contributed by atoms with Crippen molar-refractivity contribution in [1.29, 1.82) is 0 Å². The number of aromatic nitrogens is 2. The molecule has 0 spiro atoms. The summed E-state index contributed by atoms with van der Waals surface area (Å²) in [6.07, 6.45) is 4.69. The van der Waals surface area contributed by atoms with Crippen LogP contribution in [0.25, 0.3) is 111 Å². The molecule has 0 unspecified atom stereocenters. The number of nitrogens with zero attached hydrogens (tertiary/aromatic N) is 4. The average Bonchev–Trinajstić information content (AvgIpc) is 1.46. The van der Waals surface area contributed by atoms with Crippen molar-refractivity contribution in [3.63, 3.8) is 0 Å². The van der Waals surface area contributed by atoms with Crippen LogP contribution in [0.15, 0.2) is 303 Å². The first-order valence-electron chi connectivity index (χ1n) is 39.5. The van der Waals surface area contributed by atoms with E-state index >= 15 is 0 Å². The van der Waals surface area contributed by atoms with Gasteiger partial charge in [0.2, 0.25) is 0 Å². The Kier molecular flexibility index (Phi) is 15.0. The minimum atomic E-state index is -0.199. The van der Waals surface area contributed by atoms with E-state index in [1.165, 1.54) is 157 Å². The molecule has 16 aromatic rings. The Labute approximate surface area is 642 Å². The Bertz CT molecular complexity index is 6390. The lowest BCUT2D eigenvalue weighted by Crippen LogP contribution is -2.61. The molecule has 109 heavy (non-hydrogen) atoms. The molecular weight excluding hydrogens is 1320 g/mol. The van der Waals surface area contributed by atoms with Crippen LogP contribution < -0.4 is 26.2 Å². The molecule has 0 fully saturated rings. The molecule has 0 N–H and O–H groups in total. The summed E-state index contributed by atoms with van der Waals surface area (Å²) in [6.45, 7) is 26.3. The predicted molar refractivity (Wildman–Crippen MR) is 466 cm³/mol. The van der Waals surface area contributed by atoms with Crippen LogP contribution in [-0.4, -0.2) is 15.8 Å². The Morgan fingerprint density at radius 1 is 0.266 bits per heavy atom. The van der Waals surface area contributed by atoms with Crippen molar-refractivity contribution in [3.8, 4) is 67.0 Å². The molecule has 14 aromatic carbocycles. The van der Waals surface area contributed by atoms with Crippen LogP contribution in [0.1, 0.15) is 130 Å². The summed E-state index contributed by atoms with van der Waals surface area (Å²) in [6, 6.07) is 117. The predicted octanol–water partition coefficient (Wildman–Crippen LogP) is 26.3. The molecule has 0 saturated heterocycles. The molecule has 0 saturated carbocycles. The molecule has 0 atom stereocenters. The van der Waals surface area contributed by atoms with Crippen LogP contribution in [0.5, 0.6) is 0 Å². The molecule has 2 aromatic heterocycles. The standard InChI is InChI=1S/C104H91BN4/c1-100(2,3)84-31-21-18-28-79(84)74-42-53-95-90(62-74)105-89-50-47-77(108-91-32-22-19-29-80(91)82-58-70(40-51-93(82)108)66-24-14-12-15-25-66)63-96(89)107(76-45-36-69(37-46-76)73-39-49-86-88(61-73)104(10,11)57-55-102(86,6)7)98-65-78(109-92-33-23-20-30-81(92)83-59-71(41-52-94(83)109)67-26-16-13-17-27-67)64-97(99(98)105)106(95)75-43-34-68(35-44-75)72-38-48-85-87(60-72)103(8,9)56-54-101(85,4)5/h12-53,58-65H,54-57H2,1-11H3. The molecular formula is C104H91BN4. The monoisotopic (exact) mass is 1410 g/mol. The number of para-hydroxylation sites is 2. The molecule has 5 heteroatoms. The van der Waals surface area contributed by atoms with Gasteiger partial charge in [-0.05, 0) is 244 Å². The summed E-state index contributed by atoms with van der Waals surface area (Å²) in [4.78, 5) is 5.27. The first kappa shape index (κ1) is 66.8. The Morgan fingerprint density at radius 2 is 0.651 bits per heavy atom. The topological polar surface area (TPSA) is 16.3 Å². The quantitative estimate of drug-likeness (QED) is 0.134. The van der Waals surface area contributed by atoms with Gasteiger partial charge in [-0.15, -0.1) is 0 Å². The van der Waals surface area contributed by atoms with Crippen molar-refractivity contribution in [1.82, 2.24) is 9.13 Å². The van der Waals surface area contributed by atoms with Crippen LogP contribution in [0.4, 0.5) is 34.1 Å². The summed E-state index contributed by atoms with van der Waals surface area (Å²) < 4.78 is 5.08. The fourth-order valence-corrected chi connectivity index (χ4v) is 19.6. The fourth-order valence-electron chi connectivity index (χ4n) is 19.6. The van der Waals surface area contributed by atoms with Crippen LogP contribution in [-0.2, 0) is 27.1 Å². The van der Waals surface area contributed by atoms with E-state index in [2.05, 4.69) is 398 Å². The SMILES string of the molecule is CC(C)(C)c1ccccc1-c1ccc2c(c1)B1c3ccc(-n4c5ccccc5c5cc(-c6ccccc6)ccc54)cc3N(c3ccc(-c4ccc5c(c4)C(C)(C)CCC5(C)C)cc3)c3cc(-n4c5ccccc5c5cc(-c6ccccc6)ccc54)cc(c31)N2c1ccc(-c2ccc3c(c2)C(C)(C)CCC3(C)C)cc1. The Hall–Kier alpha value is -11.7. The maximum absolute atomic E-state index is 2.65. The zero-order valence-electron chi connectivity index (χ0n) is 64.6. The van der Waals surface area contributed by atoms with E-state index in [1.54, 1.807) is 0 Å². The summed E-state index contributed by atoms with van der Waals surface area (Å²) in [5, 5.41) is 4.89. The zero-order valence-corrected chi connectivity index (χ0v) is 64.6. The Balaban J connectivity index is 0.870. The molecule has 4 heterocycles. The van der Waals surface area contributed by atoms with Gasteiger partial charge in [-0.1, -0.05) is 288 Å².